The van der Waals surface area contributed by atoms with Crippen molar-refractivity contribution in [2.75, 3.05) is 0 Å². The van der Waals surface area contributed by atoms with Gasteiger partial charge in [0, 0.05) is 12.8 Å². The van der Waals surface area contributed by atoms with E-state index in [1.807, 2.05) is 6.92 Å². The Balaban J connectivity index is 3.19. The van der Waals surface area contributed by atoms with E-state index < -0.39 is 14.0 Å². The van der Waals surface area contributed by atoms with Crippen LogP contribution in [0.3, 0.4) is 0 Å². The maximum atomic E-state index is 12.0. The summed E-state index contributed by atoms with van der Waals surface area (Å²) in [4.78, 5) is 24.0. The van der Waals surface area contributed by atoms with Gasteiger partial charge in [0.15, 0.2) is 0 Å². The van der Waals surface area contributed by atoms with Crippen molar-refractivity contribution in [1.82, 2.24) is 0 Å². The molecule has 1 aliphatic carbocycles. The molecule has 1 rings (SSSR count). The van der Waals surface area contributed by atoms with Gasteiger partial charge in [-0.1, -0.05) is 64.5 Å². The van der Waals surface area contributed by atoms with E-state index in [-0.39, 0.29) is 11.8 Å². The fourth-order valence-electron chi connectivity index (χ4n) is 4.43. The Morgan fingerprint density at radius 1 is 1.23 bits per heavy atom. The Morgan fingerprint density at radius 3 is 2.38 bits per heavy atom. The fourth-order valence-corrected chi connectivity index (χ4v) is 5.85. The van der Waals surface area contributed by atoms with Crippen LogP contribution in [-0.4, -0.2) is 24.9 Å². The predicted octanol–water partition coefficient (Wildman–Crippen LogP) is 6.10. The average Bonchev–Trinajstić information content (AvgIpc) is 2.54. The van der Waals surface area contributed by atoms with Crippen molar-refractivity contribution in [2.45, 2.75) is 91.8 Å². The van der Waals surface area contributed by atoms with Crippen molar-refractivity contribution < 1.29 is 14.7 Å². The van der Waals surface area contributed by atoms with E-state index in [0.717, 1.165) is 38.5 Å². The minimum atomic E-state index is -1.47. The molecule has 0 saturated heterocycles. The molecule has 3 nitrogen and oxygen atoms in total. The van der Waals surface area contributed by atoms with Gasteiger partial charge in [-0.3, -0.25) is 9.59 Å². The Kier molecular flexibility index (Phi) is 9.29. The van der Waals surface area contributed by atoms with Crippen molar-refractivity contribution in [3.63, 3.8) is 0 Å². The molecule has 1 fully saturated rings. The van der Waals surface area contributed by atoms with Gasteiger partial charge in [-0.2, -0.15) is 0 Å². The Morgan fingerprint density at radius 2 is 1.88 bits per heavy atom. The second kappa shape index (κ2) is 10.4. The maximum absolute atomic E-state index is 12.0. The third-order valence-corrected chi connectivity index (χ3v) is 7.08. The van der Waals surface area contributed by atoms with Crippen LogP contribution in [0.15, 0.2) is 11.3 Å². The van der Waals surface area contributed by atoms with E-state index >= 15 is 0 Å². The lowest BCUT2D eigenvalue weighted by Gasteiger charge is -2.41. The standard InChI is InChI=1S/C22H40O3Si/c1-7-9-10-20(22(24)25)19-13-11-16(3)18(14-12-17(23)8-2)21(19)15-26(4,5)6/h15-16,18-20H,7-14H2,1-6H3,(H,24,25)/b21-15+/t16-,18+,19+,20-/m1/s1. The molecular formula is C22H40O3Si. The molecule has 0 aromatic rings. The molecule has 150 valence electrons. The van der Waals surface area contributed by atoms with Gasteiger partial charge >= 0.3 is 5.97 Å². The Hall–Kier alpha value is -0.903. The third kappa shape index (κ3) is 7.01. The molecule has 0 aliphatic heterocycles. The first-order chi connectivity index (χ1) is 12.1. The van der Waals surface area contributed by atoms with Crippen molar-refractivity contribution >= 4 is 19.8 Å². The molecule has 4 atom stereocenters. The van der Waals surface area contributed by atoms with Gasteiger partial charge in [0.2, 0.25) is 0 Å². The molecule has 0 amide bonds. The van der Waals surface area contributed by atoms with Crippen molar-refractivity contribution in [1.29, 1.82) is 0 Å². The number of ketones is 1. The van der Waals surface area contributed by atoms with Gasteiger partial charge in [-0.05, 0) is 43.4 Å². The van der Waals surface area contributed by atoms with Crippen LogP contribution in [0.1, 0.15) is 72.1 Å². The van der Waals surface area contributed by atoms with Gasteiger partial charge in [0.25, 0.3) is 0 Å². The average molecular weight is 381 g/mol. The number of carboxylic acid groups (broad SMARTS) is 1. The van der Waals surface area contributed by atoms with Crippen LogP contribution in [0.5, 0.6) is 0 Å². The SMILES string of the molecule is CCCC[C@@H](C(=O)O)[C@@H]1CC[C@@H](C)[C@H](CCC(=O)CC)/C1=C\[Si](C)(C)C. The van der Waals surface area contributed by atoms with Gasteiger partial charge in [0.05, 0.1) is 14.0 Å². The van der Waals surface area contributed by atoms with Crippen molar-refractivity contribution in [3.05, 3.63) is 11.3 Å². The first-order valence-electron chi connectivity index (χ1n) is 10.6. The molecule has 0 unspecified atom stereocenters. The van der Waals surface area contributed by atoms with E-state index in [1.54, 1.807) is 0 Å². The van der Waals surface area contributed by atoms with Crippen LogP contribution in [-0.2, 0) is 9.59 Å². The number of allylic oxidation sites excluding steroid dienone is 1. The molecule has 1 aliphatic rings. The predicted molar refractivity (Wildman–Crippen MR) is 112 cm³/mol. The Labute approximate surface area is 161 Å². The zero-order valence-corrected chi connectivity index (χ0v) is 18.8. The number of rotatable bonds is 10. The molecule has 0 heterocycles. The topological polar surface area (TPSA) is 54.4 Å². The third-order valence-electron chi connectivity index (χ3n) is 5.88. The van der Waals surface area contributed by atoms with E-state index in [9.17, 15) is 14.7 Å². The molecule has 26 heavy (non-hydrogen) atoms. The summed E-state index contributed by atoms with van der Waals surface area (Å²) in [6.45, 7) is 13.3. The van der Waals surface area contributed by atoms with Gasteiger partial charge in [0.1, 0.15) is 5.78 Å². The summed E-state index contributed by atoms with van der Waals surface area (Å²) in [5.74, 6) is 0.493. The molecule has 0 aromatic heterocycles. The highest BCUT2D eigenvalue weighted by atomic mass is 28.3. The number of unbranched alkanes of at least 4 members (excludes halogenated alkanes) is 1. The smallest absolute Gasteiger partial charge is 0.307 e. The Bertz CT molecular complexity index is 504. The minimum Gasteiger partial charge on any atom is -0.481 e. The lowest BCUT2D eigenvalue weighted by Crippen LogP contribution is -2.36. The summed E-state index contributed by atoms with van der Waals surface area (Å²) in [7, 11) is -1.47. The van der Waals surface area contributed by atoms with Crippen LogP contribution < -0.4 is 0 Å². The summed E-state index contributed by atoms with van der Waals surface area (Å²) in [5.41, 5.74) is 3.85. The number of carboxylic acids is 1. The van der Waals surface area contributed by atoms with Gasteiger partial charge in [-0.25, -0.2) is 0 Å². The van der Waals surface area contributed by atoms with E-state index in [2.05, 4.69) is 39.2 Å². The number of carbonyl (C=O) groups excluding carboxylic acids is 1. The van der Waals surface area contributed by atoms with E-state index in [1.165, 1.54) is 5.57 Å². The highest BCUT2D eigenvalue weighted by molar-refractivity contribution is 6.81. The van der Waals surface area contributed by atoms with Crippen LogP contribution in [0, 0.1) is 23.7 Å². The normalized spacial score (nSPS) is 26.7. The second-order valence-corrected chi connectivity index (χ2v) is 14.3. The van der Waals surface area contributed by atoms with Crippen LogP contribution in [0.25, 0.3) is 0 Å². The molecule has 1 saturated carbocycles. The summed E-state index contributed by atoms with van der Waals surface area (Å²) < 4.78 is 0. The van der Waals surface area contributed by atoms with E-state index in [4.69, 9.17) is 0 Å². The molecule has 0 bridgehead atoms. The zero-order valence-electron chi connectivity index (χ0n) is 17.8. The second-order valence-electron chi connectivity index (χ2n) is 9.30. The van der Waals surface area contributed by atoms with Gasteiger partial charge < -0.3 is 5.11 Å². The van der Waals surface area contributed by atoms with Crippen LogP contribution in [0.4, 0.5) is 0 Å². The summed E-state index contributed by atoms with van der Waals surface area (Å²) in [6, 6.07) is 0. The zero-order chi connectivity index (χ0) is 19.9. The highest BCUT2D eigenvalue weighted by Gasteiger charge is 2.39. The molecule has 0 aromatic carbocycles. The number of Topliss-reactive ketones (excluding diaryl/α,β-unsaturated/α-hetero) is 1. The lowest BCUT2D eigenvalue weighted by molar-refractivity contribution is -0.144. The monoisotopic (exact) mass is 380 g/mol. The summed E-state index contributed by atoms with van der Waals surface area (Å²) in [5, 5.41) is 9.91. The number of aliphatic carboxylic acids is 1. The highest BCUT2D eigenvalue weighted by Crippen LogP contribution is 2.45. The molecular weight excluding hydrogens is 340 g/mol. The van der Waals surface area contributed by atoms with E-state index in [0.29, 0.717) is 30.5 Å². The number of hydrogen-bond donors (Lipinski definition) is 1. The summed E-state index contributed by atoms with van der Waals surface area (Å²) >= 11 is 0. The first-order valence-corrected chi connectivity index (χ1v) is 14.2. The molecule has 1 N–H and O–H groups in total. The maximum Gasteiger partial charge on any atom is 0.307 e. The molecule has 4 heteroatoms. The van der Waals surface area contributed by atoms with Crippen LogP contribution >= 0.6 is 0 Å². The number of carbonyl (C=O) groups is 2. The molecule has 0 radical (unpaired) electrons. The van der Waals surface area contributed by atoms with Crippen LogP contribution in [0.2, 0.25) is 19.6 Å². The lowest BCUT2D eigenvalue weighted by atomic mass is 9.65. The first kappa shape index (κ1) is 23.1. The van der Waals surface area contributed by atoms with Crippen molar-refractivity contribution in [3.8, 4) is 0 Å². The molecule has 0 spiro atoms. The largest absolute Gasteiger partial charge is 0.481 e. The van der Waals surface area contributed by atoms with Crippen molar-refractivity contribution in [2.24, 2.45) is 23.7 Å². The fraction of sp³-hybridized carbons (Fsp3) is 0.818. The minimum absolute atomic E-state index is 0.156. The summed E-state index contributed by atoms with van der Waals surface area (Å²) in [6.07, 6.45) is 6.97. The quantitative estimate of drug-likeness (QED) is 0.466. The van der Waals surface area contributed by atoms with Gasteiger partial charge in [-0.15, -0.1) is 0 Å². The number of hydrogen-bond acceptors (Lipinski definition) is 2.